The van der Waals surface area contributed by atoms with E-state index in [0.717, 1.165) is 5.56 Å². The van der Waals surface area contributed by atoms with E-state index in [4.69, 9.17) is 4.74 Å². The van der Waals surface area contributed by atoms with E-state index in [9.17, 15) is 9.18 Å². The average molecular weight is 366 g/mol. The minimum Gasteiger partial charge on any atom is -0.481 e. The Morgan fingerprint density at radius 2 is 1.95 bits per heavy atom. The molecule has 0 atom stereocenters. The quantitative estimate of drug-likeness (QED) is 0.773. The van der Waals surface area contributed by atoms with Gasteiger partial charge in [0.1, 0.15) is 0 Å². The van der Waals surface area contributed by atoms with Gasteiger partial charge in [-0.05, 0) is 30.7 Å². The molecule has 0 aliphatic rings. The van der Waals surface area contributed by atoms with Crippen molar-refractivity contribution in [1.29, 1.82) is 0 Å². The fourth-order valence-electron chi connectivity index (χ4n) is 2.00. The summed E-state index contributed by atoms with van der Waals surface area (Å²) >= 11 is 3.18. The maximum Gasteiger partial charge on any atom is 0.260 e. The van der Waals surface area contributed by atoms with Crippen molar-refractivity contribution in [3.05, 3.63) is 64.4 Å². The monoisotopic (exact) mass is 365 g/mol. The molecule has 116 valence electrons. The second kappa shape index (κ2) is 7.94. The number of hydrogen-bond acceptors (Lipinski definition) is 2. The Hall–Kier alpha value is -1.88. The molecule has 3 nitrogen and oxygen atoms in total. The van der Waals surface area contributed by atoms with E-state index in [1.807, 2.05) is 37.3 Å². The molecule has 0 heterocycles. The standard InChI is InChI=1S/C17H17BrFNO2/c1-2-20(11-13-6-4-3-5-7-13)17(21)12-22-16-9-8-14(18)10-15(16)19/h3-10H,2,11-12H2,1H3. The van der Waals surface area contributed by atoms with E-state index in [0.29, 0.717) is 17.6 Å². The zero-order chi connectivity index (χ0) is 15.9. The first kappa shape index (κ1) is 16.5. The van der Waals surface area contributed by atoms with Crippen molar-refractivity contribution in [2.45, 2.75) is 13.5 Å². The molecule has 2 aromatic carbocycles. The highest BCUT2D eigenvalue weighted by atomic mass is 79.9. The van der Waals surface area contributed by atoms with Gasteiger partial charge in [-0.3, -0.25) is 4.79 Å². The molecule has 0 unspecified atom stereocenters. The van der Waals surface area contributed by atoms with E-state index in [1.54, 1.807) is 11.0 Å². The highest BCUT2D eigenvalue weighted by molar-refractivity contribution is 9.10. The van der Waals surface area contributed by atoms with Crippen LogP contribution in [0, 0.1) is 5.82 Å². The molecule has 0 saturated heterocycles. The van der Waals surface area contributed by atoms with Crippen LogP contribution in [-0.2, 0) is 11.3 Å². The number of amides is 1. The smallest absolute Gasteiger partial charge is 0.260 e. The van der Waals surface area contributed by atoms with Crippen LogP contribution in [-0.4, -0.2) is 24.0 Å². The van der Waals surface area contributed by atoms with Gasteiger partial charge in [0.25, 0.3) is 5.91 Å². The molecule has 5 heteroatoms. The summed E-state index contributed by atoms with van der Waals surface area (Å²) < 4.78 is 19.6. The number of rotatable bonds is 6. The third-order valence-electron chi connectivity index (χ3n) is 3.20. The van der Waals surface area contributed by atoms with Gasteiger partial charge in [0.15, 0.2) is 18.2 Å². The van der Waals surface area contributed by atoms with Gasteiger partial charge in [-0.1, -0.05) is 46.3 Å². The lowest BCUT2D eigenvalue weighted by molar-refractivity contribution is -0.133. The van der Waals surface area contributed by atoms with Crippen molar-refractivity contribution in [2.75, 3.05) is 13.2 Å². The van der Waals surface area contributed by atoms with Crippen LogP contribution in [0.4, 0.5) is 4.39 Å². The fourth-order valence-corrected chi connectivity index (χ4v) is 2.34. The number of likely N-dealkylation sites (N-methyl/N-ethyl adjacent to an activating group) is 1. The predicted octanol–water partition coefficient (Wildman–Crippen LogP) is 4.02. The summed E-state index contributed by atoms with van der Waals surface area (Å²) in [6.07, 6.45) is 0. The van der Waals surface area contributed by atoms with Crippen LogP contribution in [0.5, 0.6) is 5.75 Å². The Balaban J connectivity index is 1.94. The second-order valence-corrected chi connectivity index (χ2v) is 5.67. The Morgan fingerprint density at radius 3 is 2.59 bits per heavy atom. The second-order valence-electron chi connectivity index (χ2n) is 4.76. The first-order valence-electron chi connectivity index (χ1n) is 6.99. The van der Waals surface area contributed by atoms with E-state index < -0.39 is 5.82 Å². The van der Waals surface area contributed by atoms with Gasteiger partial charge in [0.05, 0.1) is 0 Å². The summed E-state index contributed by atoms with van der Waals surface area (Å²) in [5.74, 6) is -0.589. The van der Waals surface area contributed by atoms with Crippen molar-refractivity contribution >= 4 is 21.8 Å². The van der Waals surface area contributed by atoms with E-state index in [1.165, 1.54) is 12.1 Å². The number of nitrogens with zero attached hydrogens (tertiary/aromatic N) is 1. The highest BCUT2D eigenvalue weighted by Gasteiger charge is 2.14. The average Bonchev–Trinajstić information content (AvgIpc) is 2.52. The van der Waals surface area contributed by atoms with E-state index in [2.05, 4.69) is 15.9 Å². The zero-order valence-electron chi connectivity index (χ0n) is 12.3. The molecule has 1 amide bonds. The number of carbonyl (C=O) groups is 1. The number of hydrogen-bond donors (Lipinski definition) is 0. The van der Waals surface area contributed by atoms with Gasteiger partial charge in [-0.15, -0.1) is 0 Å². The molecule has 0 saturated carbocycles. The SMILES string of the molecule is CCN(Cc1ccccc1)C(=O)COc1ccc(Br)cc1F. The Morgan fingerprint density at radius 1 is 1.23 bits per heavy atom. The first-order chi connectivity index (χ1) is 10.6. The molecule has 0 radical (unpaired) electrons. The van der Waals surface area contributed by atoms with Crippen LogP contribution in [0.25, 0.3) is 0 Å². The summed E-state index contributed by atoms with van der Waals surface area (Å²) in [4.78, 5) is 13.9. The Labute approximate surface area is 137 Å². The van der Waals surface area contributed by atoms with E-state index >= 15 is 0 Å². The molecule has 22 heavy (non-hydrogen) atoms. The highest BCUT2D eigenvalue weighted by Crippen LogP contribution is 2.21. The van der Waals surface area contributed by atoms with Crippen LogP contribution in [0.1, 0.15) is 12.5 Å². The maximum atomic E-state index is 13.7. The Bertz CT molecular complexity index is 634. The third kappa shape index (κ3) is 4.56. The number of ether oxygens (including phenoxy) is 1. The summed E-state index contributed by atoms with van der Waals surface area (Å²) in [5.41, 5.74) is 1.05. The molecule has 0 N–H and O–H groups in total. The summed E-state index contributed by atoms with van der Waals surface area (Å²) in [5, 5.41) is 0. The summed E-state index contributed by atoms with van der Waals surface area (Å²) in [6, 6.07) is 14.2. The van der Waals surface area contributed by atoms with E-state index in [-0.39, 0.29) is 18.3 Å². The van der Waals surface area contributed by atoms with Crippen molar-refractivity contribution in [3.8, 4) is 5.75 Å². The third-order valence-corrected chi connectivity index (χ3v) is 3.69. The number of benzene rings is 2. The predicted molar refractivity (Wildman–Crippen MR) is 87.1 cm³/mol. The molecule has 0 aliphatic heterocycles. The lowest BCUT2D eigenvalue weighted by atomic mass is 10.2. The van der Waals surface area contributed by atoms with Gasteiger partial charge in [0.2, 0.25) is 0 Å². The van der Waals surface area contributed by atoms with Crippen LogP contribution in [0.2, 0.25) is 0 Å². The van der Waals surface area contributed by atoms with Crippen molar-refractivity contribution in [3.63, 3.8) is 0 Å². The van der Waals surface area contributed by atoms with Crippen LogP contribution < -0.4 is 4.74 Å². The Kier molecular flexibility index (Phi) is 5.95. The van der Waals surface area contributed by atoms with Crippen molar-refractivity contribution < 1.29 is 13.9 Å². The molecule has 0 aromatic heterocycles. The summed E-state index contributed by atoms with van der Waals surface area (Å²) in [7, 11) is 0. The normalized spacial score (nSPS) is 10.3. The fraction of sp³-hybridized carbons (Fsp3) is 0.235. The van der Waals surface area contributed by atoms with Crippen LogP contribution in [0.15, 0.2) is 53.0 Å². The summed E-state index contributed by atoms with van der Waals surface area (Å²) in [6.45, 7) is 2.81. The molecular weight excluding hydrogens is 349 g/mol. The van der Waals surface area contributed by atoms with Crippen LogP contribution in [0.3, 0.4) is 0 Å². The van der Waals surface area contributed by atoms with Gasteiger partial charge in [-0.2, -0.15) is 0 Å². The molecule has 0 bridgehead atoms. The molecular formula is C17H17BrFNO2. The maximum absolute atomic E-state index is 13.7. The van der Waals surface area contributed by atoms with Crippen molar-refractivity contribution in [1.82, 2.24) is 4.90 Å². The lowest BCUT2D eigenvalue weighted by Crippen LogP contribution is -2.34. The molecule has 2 aromatic rings. The minimum absolute atomic E-state index is 0.0762. The number of carbonyl (C=O) groups excluding carboxylic acids is 1. The van der Waals surface area contributed by atoms with Crippen LogP contribution >= 0.6 is 15.9 Å². The molecule has 2 rings (SSSR count). The molecule has 0 fully saturated rings. The number of halogens is 2. The zero-order valence-corrected chi connectivity index (χ0v) is 13.8. The van der Waals surface area contributed by atoms with Crippen molar-refractivity contribution in [2.24, 2.45) is 0 Å². The molecule has 0 aliphatic carbocycles. The van der Waals surface area contributed by atoms with Gasteiger partial charge in [-0.25, -0.2) is 4.39 Å². The largest absolute Gasteiger partial charge is 0.481 e. The van der Waals surface area contributed by atoms with Gasteiger partial charge < -0.3 is 9.64 Å². The first-order valence-corrected chi connectivity index (χ1v) is 7.79. The lowest BCUT2D eigenvalue weighted by Gasteiger charge is -2.21. The van der Waals surface area contributed by atoms with Gasteiger partial charge >= 0.3 is 0 Å². The minimum atomic E-state index is -0.492. The molecule has 0 spiro atoms. The topological polar surface area (TPSA) is 29.5 Å². The van der Waals surface area contributed by atoms with Gasteiger partial charge in [0, 0.05) is 17.6 Å².